The predicted molar refractivity (Wildman–Crippen MR) is 216 cm³/mol. The molecule has 304 valence electrons. The van der Waals surface area contributed by atoms with Crippen LogP contribution in [-0.2, 0) is 20.8 Å². The maximum absolute atomic E-state index is 14.8. The third kappa shape index (κ3) is 12.5. The molecule has 1 aromatic heterocycles. The van der Waals surface area contributed by atoms with E-state index in [1.807, 2.05) is 30.6 Å². The van der Waals surface area contributed by atoms with E-state index in [0.29, 0.717) is 61.6 Å². The van der Waals surface area contributed by atoms with Crippen molar-refractivity contribution in [3.8, 4) is 5.75 Å². The van der Waals surface area contributed by atoms with Crippen LogP contribution in [-0.4, -0.2) is 85.6 Å². The molecule has 4 N–H and O–H groups in total. The summed E-state index contributed by atoms with van der Waals surface area (Å²) in [5, 5.41) is 19.4. The number of likely N-dealkylation sites (tertiary alicyclic amines) is 1. The Hall–Kier alpha value is -4.52. The van der Waals surface area contributed by atoms with Crippen molar-refractivity contribution < 1.29 is 33.3 Å². The summed E-state index contributed by atoms with van der Waals surface area (Å²) in [6.45, 7) is 8.23. The summed E-state index contributed by atoms with van der Waals surface area (Å²) < 4.78 is 31.3. The van der Waals surface area contributed by atoms with E-state index in [9.17, 15) is 14.0 Å². The second-order valence-corrected chi connectivity index (χ2v) is 15.2. The number of amides is 1. The highest BCUT2D eigenvalue weighted by Gasteiger charge is 2.41. The molecule has 0 bridgehead atoms. The van der Waals surface area contributed by atoms with Gasteiger partial charge in [0.25, 0.3) is 5.91 Å². The third-order valence-corrected chi connectivity index (χ3v) is 11.0. The summed E-state index contributed by atoms with van der Waals surface area (Å²) in [5.41, 5.74) is 3.84. The largest absolute Gasteiger partial charge is 0.494 e. The molecule has 2 aliphatic heterocycles. The molecule has 2 aromatic carbocycles. The number of carbonyl (C=O) groups excluding carboxylic acids is 1. The van der Waals surface area contributed by atoms with Crippen molar-refractivity contribution >= 4 is 17.6 Å². The van der Waals surface area contributed by atoms with Crippen molar-refractivity contribution in [1.82, 2.24) is 20.5 Å². The molecule has 3 aromatic rings. The Morgan fingerprint density at radius 2 is 1.73 bits per heavy atom. The lowest BCUT2D eigenvalue weighted by Gasteiger charge is -2.45. The van der Waals surface area contributed by atoms with Crippen molar-refractivity contribution in [3.05, 3.63) is 101 Å². The van der Waals surface area contributed by atoms with Gasteiger partial charge in [-0.2, -0.15) is 0 Å². The molecule has 3 heterocycles. The fourth-order valence-corrected chi connectivity index (χ4v) is 7.74. The topological polar surface area (TPSA) is 134 Å². The molecule has 1 amide bonds. The molecule has 0 saturated carbocycles. The van der Waals surface area contributed by atoms with Gasteiger partial charge in [0.1, 0.15) is 18.2 Å². The highest BCUT2D eigenvalue weighted by atomic mass is 19.1. The number of anilines is 1. The zero-order chi connectivity index (χ0) is 39.8. The fourth-order valence-electron chi connectivity index (χ4n) is 7.74. The molecule has 11 nitrogen and oxygen atoms in total. The van der Waals surface area contributed by atoms with Crippen molar-refractivity contribution in [1.29, 1.82) is 0 Å². The minimum atomic E-state index is -0.976. The first-order chi connectivity index (χ1) is 27.2. The van der Waals surface area contributed by atoms with E-state index in [2.05, 4.69) is 64.9 Å². The molecule has 5 rings (SSSR count). The number of hydrogen-bond acceptors (Lipinski definition) is 9. The zero-order valence-corrected chi connectivity index (χ0v) is 33.2. The molecule has 3 atom stereocenters. The van der Waals surface area contributed by atoms with Crippen LogP contribution in [0.5, 0.6) is 5.75 Å². The number of carbonyl (C=O) groups is 2. The van der Waals surface area contributed by atoms with Crippen molar-refractivity contribution in [2.45, 2.75) is 83.3 Å². The van der Waals surface area contributed by atoms with Crippen LogP contribution >= 0.6 is 0 Å². The number of nitrogens with zero attached hydrogens (tertiary/aromatic N) is 2. The summed E-state index contributed by atoms with van der Waals surface area (Å²) in [6, 6.07) is 16.6. The molecule has 3 unspecified atom stereocenters. The summed E-state index contributed by atoms with van der Waals surface area (Å²) in [7, 11) is 2.17. The van der Waals surface area contributed by atoms with E-state index in [4.69, 9.17) is 19.3 Å². The van der Waals surface area contributed by atoms with Crippen molar-refractivity contribution in [2.24, 2.45) is 11.8 Å². The standard InChI is InChI=1S/C44H60FN5O6/c1-4-38-32(2)12-15-40(48-42(38)33-16-20-46-21-17-33)44(18-22-50(3)23-19-44)49-36-11-8-10-34(28-36)43(53)47-30-35-29-37(13-14-39(35)45)56-27-7-5-6-24-54-25-9-26-55-31-41(51)52/h8,10-11,13-17,20-21,28-29,32,38,42,48-49H,4-7,9,12,18-19,22-27,30-31H2,1-3H3,(H,47,53)(H,51,52). The average molecular weight is 774 g/mol. The maximum atomic E-state index is 14.8. The maximum Gasteiger partial charge on any atom is 0.329 e. The smallest absolute Gasteiger partial charge is 0.329 e. The Kier molecular flexibility index (Phi) is 16.5. The number of benzene rings is 2. The lowest BCUT2D eigenvalue weighted by atomic mass is 9.81. The summed E-state index contributed by atoms with van der Waals surface area (Å²) in [6.07, 6.45) is 13.3. The second kappa shape index (κ2) is 21.7. The normalized spacial score (nSPS) is 19.6. The highest BCUT2D eigenvalue weighted by Crippen LogP contribution is 2.41. The van der Waals surface area contributed by atoms with Crippen LogP contribution in [0.4, 0.5) is 10.1 Å². The van der Waals surface area contributed by atoms with Gasteiger partial charge in [0.2, 0.25) is 0 Å². The molecule has 0 spiro atoms. The van der Waals surface area contributed by atoms with E-state index >= 15 is 0 Å². The molecular weight excluding hydrogens is 714 g/mol. The van der Waals surface area contributed by atoms with E-state index in [1.165, 1.54) is 17.3 Å². The predicted octanol–water partition coefficient (Wildman–Crippen LogP) is 7.36. The van der Waals surface area contributed by atoms with E-state index < -0.39 is 11.8 Å². The Bertz CT molecular complexity index is 1720. The van der Waals surface area contributed by atoms with Gasteiger partial charge in [-0.1, -0.05) is 32.4 Å². The molecule has 0 aliphatic carbocycles. The zero-order valence-electron chi connectivity index (χ0n) is 33.2. The molecule has 0 radical (unpaired) electrons. The van der Waals surface area contributed by atoms with E-state index in [-0.39, 0.29) is 30.6 Å². The number of halogens is 1. The van der Waals surface area contributed by atoms with E-state index in [1.54, 1.807) is 18.2 Å². The summed E-state index contributed by atoms with van der Waals surface area (Å²) in [4.78, 5) is 30.6. The number of carboxylic acid groups (broad SMARTS) is 1. The number of aromatic nitrogens is 1. The number of piperidine rings is 1. The molecule has 2 aliphatic rings. The Morgan fingerprint density at radius 1 is 0.982 bits per heavy atom. The lowest BCUT2D eigenvalue weighted by molar-refractivity contribution is -0.142. The molecule has 56 heavy (non-hydrogen) atoms. The quantitative estimate of drug-likeness (QED) is 0.0814. The number of carboxylic acids is 1. The van der Waals surface area contributed by atoms with E-state index in [0.717, 1.165) is 63.7 Å². The molecule has 1 saturated heterocycles. The number of rotatable bonds is 21. The molecule has 12 heteroatoms. The Labute approximate surface area is 331 Å². The first-order valence-corrected chi connectivity index (χ1v) is 20.2. The SMILES string of the molecule is CCC1C(C)CC=C(C2(Nc3cccc(C(=O)NCc4cc(OCCCCCOCCCOCC(=O)O)ccc4F)c3)CCN(C)CC2)NC1c1ccncc1. The van der Waals surface area contributed by atoms with Crippen molar-refractivity contribution in [3.63, 3.8) is 0 Å². The molecule has 1 fully saturated rings. The van der Waals surface area contributed by atoms with Crippen LogP contribution < -0.4 is 20.7 Å². The first-order valence-electron chi connectivity index (χ1n) is 20.2. The van der Waals surface area contributed by atoms with Gasteiger partial charge < -0.3 is 40.2 Å². The van der Waals surface area contributed by atoms with Gasteiger partial charge in [0.15, 0.2) is 0 Å². The van der Waals surface area contributed by atoms with Gasteiger partial charge in [-0.3, -0.25) is 9.78 Å². The first kappa shape index (κ1) is 42.6. The summed E-state index contributed by atoms with van der Waals surface area (Å²) in [5.74, 6) is -0.143. The second-order valence-electron chi connectivity index (χ2n) is 15.2. The minimum Gasteiger partial charge on any atom is -0.494 e. The fraction of sp³-hybridized carbons (Fsp3) is 0.523. The van der Waals surface area contributed by atoms with Gasteiger partial charge in [-0.25, -0.2) is 9.18 Å². The van der Waals surface area contributed by atoms with Crippen LogP contribution in [0.2, 0.25) is 0 Å². The number of nitrogens with one attached hydrogen (secondary N) is 3. The Balaban J connectivity index is 1.15. The van der Waals surface area contributed by atoms with Gasteiger partial charge in [-0.15, -0.1) is 0 Å². The van der Waals surface area contributed by atoms with Crippen LogP contribution in [0, 0.1) is 17.7 Å². The van der Waals surface area contributed by atoms with Crippen LogP contribution in [0.15, 0.2) is 78.8 Å². The number of hydrogen-bond donors (Lipinski definition) is 4. The average Bonchev–Trinajstić information content (AvgIpc) is 3.38. The third-order valence-electron chi connectivity index (χ3n) is 11.0. The van der Waals surface area contributed by atoms with Gasteiger partial charge in [-0.05, 0) is 118 Å². The number of allylic oxidation sites excluding steroid dienone is 1. The van der Waals surface area contributed by atoms with Crippen molar-refractivity contribution in [2.75, 3.05) is 58.5 Å². The van der Waals surface area contributed by atoms with Crippen LogP contribution in [0.25, 0.3) is 0 Å². The molecular formula is C44H60FN5O6. The number of pyridine rings is 1. The number of unbranched alkanes of at least 4 members (excludes halogenated alkanes) is 2. The highest BCUT2D eigenvalue weighted by molar-refractivity contribution is 5.95. The minimum absolute atomic E-state index is 0.0263. The summed E-state index contributed by atoms with van der Waals surface area (Å²) >= 11 is 0. The van der Waals surface area contributed by atoms with Gasteiger partial charge in [0, 0.05) is 74.4 Å². The number of aliphatic carboxylic acids is 1. The Morgan fingerprint density at radius 3 is 2.50 bits per heavy atom. The van der Waals surface area contributed by atoms with Crippen LogP contribution in [0.1, 0.15) is 92.7 Å². The monoisotopic (exact) mass is 773 g/mol. The van der Waals surface area contributed by atoms with Crippen LogP contribution in [0.3, 0.4) is 0 Å². The lowest BCUT2D eigenvalue weighted by Crippen LogP contribution is -2.53. The van der Waals surface area contributed by atoms with Gasteiger partial charge >= 0.3 is 5.97 Å². The number of ether oxygens (including phenoxy) is 3. The van der Waals surface area contributed by atoms with Gasteiger partial charge in [0.05, 0.1) is 18.2 Å².